The van der Waals surface area contributed by atoms with E-state index in [9.17, 15) is 0 Å². The standard InChI is InChI=1S/C14H14BrN3S/c1-9-2-4-10(5-3-9)18-11(8-17-14(18)16)12-6-7-13(15)19-12/h2-7,11H,8H2,1H3,(H2,16,17). The van der Waals surface area contributed by atoms with Crippen molar-refractivity contribution < 1.29 is 0 Å². The molecule has 0 aliphatic carbocycles. The van der Waals surface area contributed by atoms with Gasteiger partial charge in [0, 0.05) is 10.6 Å². The Labute approximate surface area is 124 Å². The monoisotopic (exact) mass is 335 g/mol. The average Bonchev–Trinajstić information content (AvgIpc) is 2.97. The summed E-state index contributed by atoms with van der Waals surface area (Å²) < 4.78 is 1.14. The normalized spacial score (nSPS) is 18.7. The summed E-state index contributed by atoms with van der Waals surface area (Å²) in [6, 6.07) is 12.8. The lowest BCUT2D eigenvalue weighted by Crippen LogP contribution is -2.35. The van der Waals surface area contributed by atoms with Gasteiger partial charge in [-0.05, 0) is 47.1 Å². The first-order valence-corrected chi connectivity index (χ1v) is 7.67. The molecule has 0 radical (unpaired) electrons. The van der Waals surface area contributed by atoms with Crippen LogP contribution in [0.1, 0.15) is 16.5 Å². The summed E-state index contributed by atoms with van der Waals surface area (Å²) >= 11 is 5.25. The predicted molar refractivity (Wildman–Crippen MR) is 84.9 cm³/mol. The number of nitrogens with two attached hydrogens (primary N) is 1. The van der Waals surface area contributed by atoms with Gasteiger partial charge in [0.25, 0.3) is 0 Å². The number of halogens is 1. The molecule has 3 nitrogen and oxygen atoms in total. The van der Waals surface area contributed by atoms with Crippen LogP contribution in [0.5, 0.6) is 0 Å². The molecule has 1 aromatic carbocycles. The zero-order valence-corrected chi connectivity index (χ0v) is 12.9. The van der Waals surface area contributed by atoms with Crippen molar-refractivity contribution in [2.45, 2.75) is 13.0 Å². The van der Waals surface area contributed by atoms with Crippen LogP contribution in [0.2, 0.25) is 0 Å². The molecule has 1 atom stereocenters. The molecule has 2 aromatic rings. The molecule has 1 aliphatic rings. The van der Waals surface area contributed by atoms with E-state index in [1.165, 1.54) is 10.4 Å². The van der Waals surface area contributed by atoms with Crippen molar-refractivity contribution in [1.82, 2.24) is 0 Å². The van der Waals surface area contributed by atoms with Crippen LogP contribution in [-0.2, 0) is 0 Å². The SMILES string of the molecule is Cc1ccc(N2C(N)=NCC2c2ccc(Br)s2)cc1. The van der Waals surface area contributed by atoms with Gasteiger partial charge in [0.05, 0.1) is 16.4 Å². The Morgan fingerprint density at radius 1 is 1.26 bits per heavy atom. The molecule has 19 heavy (non-hydrogen) atoms. The van der Waals surface area contributed by atoms with E-state index < -0.39 is 0 Å². The molecule has 0 amide bonds. The molecule has 1 aromatic heterocycles. The molecule has 1 aliphatic heterocycles. The molecular weight excluding hydrogens is 322 g/mol. The molecule has 98 valence electrons. The Morgan fingerprint density at radius 3 is 2.63 bits per heavy atom. The highest BCUT2D eigenvalue weighted by Crippen LogP contribution is 2.36. The van der Waals surface area contributed by atoms with Crippen molar-refractivity contribution in [1.29, 1.82) is 0 Å². The van der Waals surface area contributed by atoms with E-state index in [4.69, 9.17) is 5.73 Å². The highest BCUT2D eigenvalue weighted by molar-refractivity contribution is 9.11. The maximum atomic E-state index is 6.05. The molecule has 0 spiro atoms. The van der Waals surface area contributed by atoms with Crippen LogP contribution in [0.4, 0.5) is 5.69 Å². The van der Waals surface area contributed by atoms with E-state index in [0.29, 0.717) is 12.5 Å². The second-order valence-corrected chi connectivity index (χ2v) is 7.06. The third-order valence-corrected chi connectivity index (χ3v) is 4.94. The molecule has 2 heterocycles. The number of aliphatic imine (C=N–C) groups is 1. The lowest BCUT2D eigenvalue weighted by atomic mass is 10.1. The second kappa shape index (κ2) is 4.98. The van der Waals surface area contributed by atoms with Crippen molar-refractivity contribution in [3.8, 4) is 0 Å². The quantitative estimate of drug-likeness (QED) is 0.909. The zero-order chi connectivity index (χ0) is 13.4. The minimum absolute atomic E-state index is 0.207. The molecule has 5 heteroatoms. The fourth-order valence-electron chi connectivity index (χ4n) is 2.24. The molecule has 3 rings (SSSR count). The highest BCUT2D eigenvalue weighted by Gasteiger charge is 2.29. The first kappa shape index (κ1) is 12.7. The van der Waals surface area contributed by atoms with Gasteiger partial charge in [0.2, 0.25) is 0 Å². The Hall–Kier alpha value is -1.33. The number of rotatable bonds is 2. The third-order valence-electron chi connectivity index (χ3n) is 3.22. The summed E-state index contributed by atoms with van der Waals surface area (Å²) in [7, 11) is 0. The van der Waals surface area contributed by atoms with E-state index in [-0.39, 0.29) is 6.04 Å². The van der Waals surface area contributed by atoms with Crippen molar-refractivity contribution in [2.75, 3.05) is 11.4 Å². The van der Waals surface area contributed by atoms with Gasteiger partial charge in [-0.15, -0.1) is 11.3 Å². The van der Waals surface area contributed by atoms with Gasteiger partial charge < -0.3 is 10.6 Å². The van der Waals surface area contributed by atoms with Gasteiger partial charge in [-0.2, -0.15) is 0 Å². The lowest BCUT2D eigenvalue weighted by Gasteiger charge is -2.25. The first-order chi connectivity index (χ1) is 9.15. The molecule has 0 bridgehead atoms. The van der Waals surface area contributed by atoms with Crippen LogP contribution in [-0.4, -0.2) is 12.5 Å². The van der Waals surface area contributed by atoms with Crippen LogP contribution in [0.3, 0.4) is 0 Å². The van der Waals surface area contributed by atoms with Gasteiger partial charge in [0.15, 0.2) is 5.96 Å². The molecule has 0 saturated carbocycles. The smallest absolute Gasteiger partial charge is 0.196 e. The number of guanidine groups is 1. The molecule has 0 fully saturated rings. The Bertz CT molecular complexity index is 618. The van der Waals surface area contributed by atoms with Crippen molar-refractivity contribution >= 4 is 38.9 Å². The van der Waals surface area contributed by atoms with Gasteiger partial charge in [-0.3, -0.25) is 4.99 Å². The lowest BCUT2D eigenvalue weighted by molar-refractivity contribution is 0.784. The average molecular weight is 336 g/mol. The van der Waals surface area contributed by atoms with E-state index in [1.54, 1.807) is 11.3 Å². The first-order valence-electron chi connectivity index (χ1n) is 6.06. The number of aryl methyl sites for hydroxylation is 1. The summed E-state index contributed by atoms with van der Waals surface area (Å²) in [6.07, 6.45) is 0. The summed E-state index contributed by atoms with van der Waals surface area (Å²) in [4.78, 5) is 7.78. The van der Waals surface area contributed by atoms with Crippen LogP contribution in [0.15, 0.2) is 45.2 Å². The fourth-order valence-corrected chi connectivity index (χ4v) is 3.75. The van der Waals surface area contributed by atoms with E-state index in [2.05, 4.69) is 69.1 Å². The Morgan fingerprint density at radius 2 is 2.00 bits per heavy atom. The molecule has 1 unspecified atom stereocenters. The minimum atomic E-state index is 0.207. The van der Waals surface area contributed by atoms with E-state index >= 15 is 0 Å². The molecular formula is C14H14BrN3S. The fraction of sp³-hybridized carbons (Fsp3) is 0.214. The maximum absolute atomic E-state index is 6.05. The van der Waals surface area contributed by atoms with Crippen molar-refractivity contribution in [3.63, 3.8) is 0 Å². The molecule has 0 saturated heterocycles. The molecule has 2 N–H and O–H groups in total. The Kier molecular flexibility index (Phi) is 3.33. The number of hydrogen-bond acceptors (Lipinski definition) is 4. The van der Waals surface area contributed by atoms with E-state index in [1.807, 2.05) is 0 Å². The number of anilines is 1. The zero-order valence-electron chi connectivity index (χ0n) is 10.5. The summed E-state index contributed by atoms with van der Waals surface area (Å²) in [6.45, 7) is 2.80. The van der Waals surface area contributed by atoms with Crippen LogP contribution in [0, 0.1) is 6.92 Å². The van der Waals surface area contributed by atoms with Crippen LogP contribution < -0.4 is 10.6 Å². The van der Waals surface area contributed by atoms with E-state index in [0.717, 1.165) is 9.47 Å². The predicted octanol–water partition coefficient (Wildman–Crippen LogP) is 3.70. The third kappa shape index (κ3) is 2.40. The van der Waals surface area contributed by atoms with Crippen molar-refractivity contribution in [2.24, 2.45) is 10.7 Å². The number of thiophene rings is 1. The minimum Gasteiger partial charge on any atom is -0.369 e. The number of hydrogen-bond donors (Lipinski definition) is 1. The topological polar surface area (TPSA) is 41.6 Å². The van der Waals surface area contributed by atoms with Gasteiger partial charge >= 0.3 is 0 Å². The van der Waals surface area contributed by atoms with Crippen LogP contribution in [0.25, 0.3) is 0 Å². The van der Waals surface area contributed by atoms with Gasteiger partial charge in [0.1, 0.15) is 0 Å². The van der Waals surface area contributed by atoms with Gasteiger partial charge in [-0.25, -0.2) is 0 Å². The highest BCUT2D eigenvalue weighted by atomic mass is 79.9. The summed E-state index contributed by atoms with van der Waals surface area (Å²) in [5.41, 5.74) is 8.39. The summed E-state index contributed by atoms with van der Waals surface area (Å²) in [5, 5.41) is 0. The second-order valence-electron chi connectivity index (χ2n) is 4.56. The van der Waals surface area contributed by atoms with Crippen LogP contribution >= 0.6 is 27.3 Å². The largest absolute Gasteiger partial charge is 0.369 e. The number of nitrogens with zero attached hydrogens (tertiary/aromatic N) is 2. The summed E-state index contributed by atoms with van der Waals surface area (Å²) in [5.74, 6) is 0.596. The number of benzene rings is 1. The maximum Gasteiger partial charge on any atom is 0.196 e. The van der Waals surface area contributed by atoms with Gasteiger partial charge in [-0.1, -0.05) is 17.7 Å². The Balaban J connectivity index is 1.96. The van der Waals surface area contributed by atoms with Crippen molar-refractivity contribution in [3.05, 3.63) is 50.6 Å².